The zero-order valence-electron chi connectivity index (χ0n) is 17.4. The normalized spacial score (nSPS) is 13.2. The van der Waals surface area contributed by atoms with E-state index in [4.69, 9.17) is 4.74 Å². The molecule has 1 aliphatic heterocycles. The smallest absolute Gasteiger partial charge is 0.256 e. The molecule has 0 bridgehead atoms. The van der Waals surface area contributed by atoms with Crippen LogP contribution in [0, 0.1) is 5.82 Å². The van der Waals surface area contributed by atoms with Gasteiger partial charge in [0.1, 0.15) is 11.6 Å². The first-order valence-electron chi connectivity index (χ1n) is 10.2. The van der Waals surface area contributed by atoms with Gasteiger partial charge in [0.25, 0.3) is 5.91 Å². The highest BCUT2D eigenvalue weighted by Crippen LogP contribution is 2.34. The Morgan fingerprint density at radius 3 is 2.38 bits per heavy atom. The Balaban J connectivity index is 1.62. The maximum atomic E-state index is 13.2. The number of nitrogens with zero attached hydrogens (tertiary/aromatic N) is 1. The second kappa shape index (κ2) is 9.01. The van der Waals surface area contributed by atoms with E-state index in [2.05, 4.69) is 5.32 Å². The predicted octanol–water partition coefficient (Wildman–Crippen LogP) is 4.44. The lowest BCUT2D eigenvalue weighted by molar-refractivity contribution is -0.117. The van der Waals surface area contributed by atoms with Crippen LogP contribution < -0.4 is 15.0 Å². The van der Waals surface area contributed by atoms with Gasteiger partial charge in [-0.15, -0.1) is 0 Å². The second-order valence-electron chi connectivity index (χ2n) is 7.37. The van der Waals surface area contributed by atoms with Crippen molar-refractivity contribution in [1.82, 2.24) is 0 Å². The van der Waals surface area contributed by atoms with Gasteiger partial charge in [0.2, 0.25) is 5.91 Å². The van der Waals surface area contributed by atoms with Gasteiger partial charge in [-0.2, -0.15) is 0 Å². The molecule has 0 aliphatic carbocycles. The number of hydrogen-bond donors (Lipinski definition) is 1. The number of ketones is 1. The lowest BCUT2D eigenvalue weighted by Crippen LogP contribution is -2.24. The molecule has 1 N–H and O–H groups in total. The Labute approximate surface area is 184 Å². The molecular weight excluding hydrogens is 411 g/mol. The quantitative estimate of drug-likeness (QED) is 0.584. The number of amides is 2. The summed E-state index contributed by atoms with van der Waals surface area (Å²) in [4.78, 5) is 39.8. The number of carbonyl (C=O) groups excluding carboxylic acids is 3. The topological polar surface area (TPSA) is 75.7 Å². The van der Waals surface area contributed by atoms with Crippen LogP contribution in [0.2, 0.25) is 0 Å². The number of halogens is 1. The minimum Gasteiger partial charge on any atom is -0.495 e. The summed E-state index contributed by atoms with van der Waals surface area (Å²) in [5.74, 6) is -0.764. The zero-order chi connectivity index (χ0) is 22.7. The fourth-order valence-corrected chi connectivity index (χ4v) is 3.72. The first-order valence-corrected chi connectivity index (χ1v) is 10.2. The molecule has 6 nitrogen and oxygen atoms in total. The van der Waals surface area contributed by atoms with E-state index in [1.807, 2.05) is 0 Å². The third-order valence-electron chi connectivity index (χ3n) is 5.32. The number of carbonyl (C=O) groups is 3. The van der Waals surface area contributed by atoms with E-state index < -0.39 is 11.7 Å². The van der Waals surface area contributed by atoms with Crippen molar-refractivity contribution in [3.8, 4) is 5.75 Å². The molecule has 1 heterocycles. The second-order valence-corrected chi connectivity index (χ2v) is 7.37. The van der Waals surface area contributed by atoms with Crippen LogP contribution in [0.5, 0.6) is 5.75 Å². The highest BCUT2D eigenvalue weighted by atomic mass is 19.1. The SMILES string of the molecule is COc1ccc(NC(=O)c2ccccc2C(=O)c2ccc(F)cc2)cc1N1CCCC1=O. The van der Waals surface area contributed by atoms with Crippen LogP contribution in [0.15, 0.2) is 66.7 Å². The number of anilines is 2. The fraction of sp³-hybridized carbons (Fsp3) is 0.160. The van der Waals surface area contributed by atoms with Gasteiger partial charge in [-0.25, -0.2) is 4.39 Å². The molecule has 1 fully saturated rings. The first kappa shape index (κ1) is 21.2. The Hall–Kier alpha value is -4.00. The fourth-order valence-electron chi connectivity index (χ4n) is 3.72. The number of methoxy groups -OCH3 is 1. The highest BCUT2D eigenvalue weighted by Gasteiger charge is 2.25. The summed E-state index contributed by atoms with van der Waals surface area (Å²) in [6, 6.07) is 16.7. The molecule has 32 heavy (non-hydrogen) atoms. The molecule has 3 aromatic carbocycles. The average Bonchev–Trinajstić information content (AvgIpc) is 3.24. The van der Waals surface area contributed by atoms with Gasteiger partial charge in [0.15, 0.2) is 5.78 Å². The summed E-state index contributed by atoms with van der Waals surface area (Å²) < 4.78 is 18.6. The average molecular weight is 432 g/mol. The zero-order valence-corrected chi connectivity index (χ0v) is 17.4. The summed E-state index contributed by atoms with van der Waals surface area (Å²) in [6.45, 7) is 0.585. The largest absolute Gasteiger partial charge is 0.495 e. The molecule has 0 saturated carbocycles. The van der Waals surface area contributed by atoms with Crippen LogP contribution in [-0.2, 0) is 4.79 Å². The number of nitrogens with one attached hydrogen (secondary N) is 1. The molecule has 7 heteroatoms. The molecule has 1 aliphatic rings. The van der Waals surface area contributed by atoms with E-state index in [0.717, 1.165) is 6.42 Å². The summed E-state index contributed by atoms with van der Waals surface area (Å²) in [7, 11) is 1.52. The van der Waals surface area contributed by atoms with Crippen molar-refractivity contribution >= 4 is 29.0 Å². The van der Waals surface area contributed by atoms with Gasteiger partial charge in [-0.3, -0.25) is 14.4 Å². The molecule has 162 valence electrons. The number of benzene rings is 3. The van der Waals surface area contributed by atoms with Gasteiger partial charge >= 0.3 is 0 Å². The number of hydrogen-bond acceptors (Lipinski definition) is 4. The molecule has 0 unspecified atom stereocenters. The van der Waals surface area contributed by atoms with Crippen molar-refractivity contribution in [2.24, 2.45) is 0 Å². The molecule has 0 radical (unpaired) electrons. The van der Waals surface area contributed by atoms with Crippen LogP contribution in [0.25, 0.3) is 0 Å². The van der Waals surface area contributed by atoms with E-state index in [9.17, 15) is 18.8 Å². The maximum absolute atomic E-state index is 13.2. The Morgan fingerprint density at radius 1 is 1.00 bits per heavy atom. The summed E-state index contributed by atoms with van der Waals surface area (Å²) in [5, 5.41) is 2.80. The minimum atomic E-state index is -0.472. The van der Waals surface area contributed by atoms with Crippen LogP contribution in [0.1, 0.15) is 39.1 Å². The minimum absolute atomic E-state index is 0.00187. The summed E-state index contributed by atoms with van der Waals surface area (Å²) in [6.07, 6.45) is 1.23. The molecule has 0 atom stereocenters. The molecule has 3 aromatic rings. The first-order chi connectivity index (χ1) is 15.5. The van der Waals surface area contributed by atoms with Gasteiger partial charge in [0, 0.05) is 29.8 Å². The van der Waals surface area contributed by atoms with Gasteiger partial charge in [-0.1, -0.05) is 18.2 Å². The van der Waals surface area contributed by atoms with Crippen LogP contribution >= 0.6 is 0 Å². The van der Waals surface area contributed by atoms with Gasteiger partial charge in [0.05, 0.1) is 18.4 Å². The van der Waals surface area contributed by atoms with Crippen molar-refractivity contribution in [1.29, 1.82) is 0 Å². The Bertz CT molecular complexity index is 1190. The Morgan fingerprint density at radius 2 is 1.72 bits per heavy atom. The monoisotopic (exact) mass is 432 g/mol. The van der Waals surface area contributed by atoms with E-state index >= 15 is 0 Å². The lowest BCUT2D eigenvalue weighted by atomic mass is 9.98. The van der Waals surface area contributed by atoms with Gasteiger partial charge in [-0.05, 0) is 55.0 Å². The van der Waals surface area contributed by atoms with E-state index in [1.165, 1.54) is 31.4 Å². The van der Waals surface area contributed by atoms with E-state index in [-0.39, 0.29) is 28.4 Å². The number of ether oxygens (including phenoxy) is 1. The molecule has 4 rings (SSSR count). The molecule has 0 spiro atoms. The highest BCUT2D eigenvalue weighted by molar-refractivity contribution is 6.17. The maximum Gasteiger partial charge on any atom is 0.256 e. The number of rotatable bonds is 6. The predicted molar refractivity (Wildman–Crippen MR) is 119 cm³/mol. The third kappa shape index (κ3) is 4.23. The molecule has 1 saturated heterocycles. The van der Waals surface area contributed by atoms with Crippen molar-refractivity contribution in [3.05, 3.63) is 89.2 Å². The van der Waals surface area contributed by atoms with E-state index in [1.54, 1.807) is 47.4 Å². The van der Waals surface area contributed by atoms with Crippen molar-refractivity contribution in [2.45, 2.75) is 12.8 Å². The summed E-state index contributed by atoms with van der Waals surface area (Å²) in [5.41, 5.74) is 1.74. The summed E-state index contributed by atoms with van der Waals surface area (Å²) >= 11 is 0. The standard InChI is InChI=1S/C25H21FN2O4/c1-32-22-13-12-18(15-21(22)28-14-4-7-23(28)29)27-25(31)20-6-3-2-5-19(20)24(30)16-8-10-17(26)11-9-16/h2-3,5-6,8-13,15H,4,7,14H2,1H3,(H,27,31). The van der Waals surface area contributed by atoms with Crippen LogP contribution in [0.4, 0.5) is 15.8 Å². The van der Waals surface area contributed by atoms with Crippen LogP contribution in [-0.4, -0.2) is 31.3 Å². The van der Waals surface area contributed by atoms with E-state index in [0.29, 0.717) is 30.1 Å². The third-order valence-corrected chi connectivity index (χ3v) is 5.32. The Kier molecular flexibility index (Phi) is 5.98. The van der Waals surface area contributed by atoms with Crippen molar-refractivity contribution < 1.29 is 23.5 Å². The lowest BCUT2D eigenvalue weighted by Gasteiger charge is -2.20. The van der Waals surface area contributed by atoms with Crippen molar-refractivity contribution in [3.63, 3.8) is 0 Å². The van der Waals surface area contributed by atoms with Crippen LogP contribution in [0.3, 0.4) is 0 Å². The molecular formula is C25H21FN2O4. The molecule has 0 aromatic heterocycles. The molecule has 2 amide bonds. The van der Waals surface area contributed by atoms with Crippen molar-refractivity contribution in [2.75, 3.05) is 23.9 Å². The van der Waals surface area contributed by atoms with Gasteiger partial charge < -0.3 is 15.0 Å².